The minimum absolute atomic E-state index is 0.0705. The maximum Gasteiger partial charge on any atom is 0.243 e. The van der Waals surface area contributed by atoms with E-state index in [2.05, 4.69) is 16.0 Å². The molecule has 1 saturated heterocycles. The van der Waals surface area contributed by atoms with Crippen LogP contribution in [0.15, 0.2) is 82.9 Å². The van der Waals surface area contributed by atoms with Crippen molar-refractivity contribution in [3.05, 3.63) is 106 Å². The lowest BCUT2D eigenvalue weighted by Crippen LogP contribution is -2.53. The summed E-state index contributed by atoms with van der Waals surface area (Å²) in [5, 5.41) is 16.8. The number of anilines is 1. The Labute approximate surface area is 275 Å². The average molecular weight is 666 g/mol. The molecule has 3 aromatic rings. The van der Waals surface area contributed by atoms with E-state index in [0.29, 0.717) is 60.4 Å². The molecule has 0 bridgehead atoms. The van der Waals surface area contributed by atoms with Gasteiger partial charge in [0.25, 0.3) is 0 Å². The van der Waals surface area contributed by atoms with Crippen molar-refractivity contribution in [2.45, 2.75) is 63.3 Å². The first kappa shape index (κ1) is 35.6. The van der Waals surface area contributed by atoms with E-state index < -0.39 is 33.5 Å². The Hall–Kier alpha value is -4.26. The van der Waals surface area contributed by atoms with Gasteiger partial charge in [-0.05, 0) is 90.9 Å². The lowest BCUT2D eigenvalue weighted by Gasteiger charge is -2.35. The van der Waals surface area contributed by atoms with Crippen LogP contribution >= 0.6 is 0 Å². The van der Waals surface area contributed by atoms with Gasteiger partial charge in [0.05, 0.1) is 10.6 Å². The summed E-state index contributed by atoms with van der Waals surface area (Å²) in [6.07, 6.45) is 2.39. The maximum absolute atomic E-state index is 14.4. The van der Waals surface area contributed by atoms with E-state index in [4.69, 9.17) is 5.41 Å². The fourth-order valence-electron chi connectivity index (χ4n) is 5.92. The van der Waals surface area contributed by atoms with Crippen molar-refractivity contribution in [3.8, 4) is 0 Å². The number of piperazine rings is 1. The third-order valence-corrected chi connectivity index (χ3v) is 10.1. The van der Waals surface area contributed by atoms with Crippen molar-refractivity contribution in [1.29, 1.82) is 5.41 Å². The number of aryl methyl sites for hydroxylation is 1. The van der Waals surface area contributed by atoms with Crippen molar-refractivity contribution in [2.24, 2.45) is 0 Å². The molecule has 1 aliphatic rings. The van der Waals surface area contributed by atoms with E-state index in [1.54, 1.807) is 37.3 Å². The molecule has 12 heteroatoms. The molecule has 1 aliphatic heterocycles. The number of nitrogens with zero attached hydrogens (tertiary/aromatic N) is 1. The second-order valence-corrected chi connectivity index (χ2v) is 13.5. The number of allylic oxidation sites excluding steroid dienone is 2. The lowest BCUT2D eigenvalue weighted by molar-refractivity contribution is -0.120. The van der Waals surface area contributed by atoms with E-state index in [0.717, 1.165) is 11.8 Å². The third kappa shape index (κ3) is 9.40. The summed E-state index contributed by atoms with van der Waals surface area (Å²) in [5.41, 5.74) is 3.41. The molecule has 0 unspecified atom stereocenters. The van der Waals surface area contributed by atoms with E-state index in [1.807, 2.05) is 6.92 Å². The van der Waals surface area contributed by atoms with E-state index >= 15 is 0 Å². The zero-order valence-corrected chi connectivity index (χ0v) is 27.6. The molecule has 1 heterocycles. The molecule has 47 heavy (non-hydrogen) atoms. The number of nitrogens with one attached hydrogen (secondary N) is 4. The van der Waals surface area contributed by atoms with Gasteiger partial charge in [-0.3, -0.25) is 9.59 Å². The Morgan fingerprint density at radius 1 is 1.06 bits per heavy atom. The number of amides is 2. The molecule has 2 amide bonds. The summed E-state index contributed by atoms with van der Waals surface area (Å²) in [6, 6.07) is 16.1. The Kier molecular flexibility index (Phi) is 12.1. The number of carbonyl (C=O) groups is 2. The van der Waals surface area contributed by atoms with Crippen molar-refractivity contribution in [1.82, 2.24) is 14.9 Å². The predicted octanol–water partition coefficient (Wildman–Crippen LogP) is 5.63. The van der Waals surface area contributed by atoms with Crippen molar-refractivity contribution in [3.63, 3.8) is 0 Å². The minimum Gasteiger partial charge on any atom is -0.326 e. The van der Waals surface area contributed by atoms with Gasteiger partial charge in [0.15, 0.2) is 0 Å². The first-order valence-electron chi connectivity index (χ1n) is 15.6. The predicted molar refractivity (Wildman–Crippen MR) is 179 cm³/mol. The number of sulfonamides is 1. The first-order valence-corrected chi connectivity index (χ1v) is 17.0. The summed E-state index contributed by atoms with van der Waals surface area (Å²) in [6.45, 7) is 6.20. The number of halogens is 2. The van der Waals surface area contributed by atoms with Gasteiger partial charge in [0, 0.05) is 56.8 Å². The highest BCUT2D eigenvalue weighted by molar-refractivity contribution is 7.89. The highest BCUT2D eigenvalue weighted by Gasteiger charge is 2.33. The van der Waals surface area contributed by atoms with Gasteiger partial charge >= 0.3 is 0 Å². The zero-order chi connectivity index (χ0) is 34.1. The molecule has 3 aromatic carbocycles. The van der Waals surface area contributed by atoms with Gasteiger partial charge in [-0.2, -0.15) is 4.31 Å². The number of rotatable bonds is 13. The Bertz CT molecular complexity index is 1720. The molecule has 0 saturated carbocycles. The zero-order valence-electron chi connectivity index (χ0n) is 26.8. The third-order valence-electron chi connectivity index (χ3n) is 8.19. The van der Waals surface area contributed by atoms with Gasteiger partial charge in [0.2, 0.25) is 21.8 Å². The molecule has 0 aromatic heterocycles. The van der Waals surface area contributed by atoms with Gasteiger partial charge < -0.3 is 21.4 Å². The summed E-state index contributed by atoms with van der Waals surface area (Å²) >= 11 is 0. The van der Waals surface area contributed by atoms with Crippen LogP contribution in [-0.4, -0.2) is 56.4 Å². The van der Waals surface area contributed by atoms with Crippen LogP contribution in [0.3, 0.4) is 0 Å². The standard InChI is InChI=1S/C35H41F2N5O4S/c1-4-25(10-13-31-22-39-14-15-42(31)47(45,46)32-7-5-6-30(19-32)40-24(3)43)34(21-38)41-35(44)20-33(26-8-11-28(36)12-9-26)27-16-23(2)17-29(37)18-27/h5-9,11-12,16-19,21,31,33,38-39H,4,10,13-15,20,22H2,1-3H3,(H,40,43)(H,41,44)/b34-25-,38-21?/t31-,33-/m0/s1. The van der Waals surface area contributed by atoms with Crippen molar-refractivity contribution >= 4 is 33.7 Å². The average Bonchev–Trinajstić information content (AvgIpc) is 3.03. The van der Waals surface area contributed by atoms with Gasteiger partial charge in [-0.15, -0.1) is 0 Å². The first-order chi connectivity index (χ1) is 22.4. The maximum atomic E-state index is 14.4. The molecule has 1 fully saturated rings. The van der Waals surface area contributed by atoms with E-state index in [9.17, 15) is 26.8 Å². The van der Waals surface area contributed by atoms with Crippen LogP contribution < -0.4 is 16.0 Å². The quantitative estimate of drug-likeness (QED) is 0.176. The van der Waals surface area contributed by atoms with Crippen molar-refractivity contribution in [2.75, 3.05) is 25.0 Å². The van der Waals surface area contributed by atoms with Crippen LogP contribution in [0.25, 0.3) is 0 Å². The minimum atomic E-state index is -3.88. The highest BCUT2D eigenvalue weighted by atomic mass is 32.2. The number of hydrogen-bond donors (Lipinski definition) is 4. The highest BCUT2D eigenvalue weighted by Crippen LogP contribution is 2.30. The topological polar surface area (TPSA) is 131 Å². The van der Waals surface area contributed by atoms with E-state index in [-0.39, 0.29) is 29.8 Å². The molecular weight excluding hydrogens is 624 g/mol. The second-order valence-electron chi connectivity index (χ2n) is 11.7. The van der Waals surface area contributed by atoms with Crippen LogP contribution in [-0.2, 0) is 19.6 Å². The Morgan fingerprint density at radius 3 is 2.47 bits per heavy atom. The Balaban J connectivity index is 1.52. The van der Waals surface area contributed by atoms with Crippen LogP contribution in [0.5, 0.6) is 0 Å². The molecule has 0 aliphatic carbocycles. The normalized spacial score (nSPS) is 16.6. The molecule has 0 radical (unpaired) electrons. The fourth-order valence-corrected chi connectivity index (χ4v) is 7.62. The van der Waals surface area contributed by atoms with Crippen LogP contribution in [0.2, 0.25) is 0 Å². The summed E-state index contributed by atoms with van der Waals surface area (Å²) < 4.78 is 57.0. The number of hydrogen-bond acceptors (Lipinski definition) is 6. The van der Waals surface area contributed by atoms with Crippen LogP contribution in [0, 0.1) is 24.0 Å². The monoisotopic (exact) mass is 665 g/mol. The fraction of sp³-hybridized carbons (Fsp3) is 0.343. The SMILES string of the molecule is CC/C(CC[C@H]1CNCCN1S(=O)(=O)c1cccc(NC(C)=O)c1)=C(\C=N)NC(=O)C[C@@H](c1ccc(F)cc1)c1cc(C)cc(F)c1. The number of carbonyl (C=O) groups excluding carboxylic acids is 2. The molecule has 9 nitrogen and oxygen atoms in total. The van der Waals surface area contributed by atoms with Crippen LogP contribution in [0.1, 0.15) is 62.1 Å². The van der Waals surface area contributed by atoms with E-state index in [1.165, 1.54) is 47.6 Å². The van der Waals surface area contributed by atoms with Crippen molar-refractivity contribution < 1.29 is 26.8 Å². The summed E-state index contributed by atoms with van der Waals surface area (Å²) in [7, 11) is -3.88. The lowest BCUT2D eigenvalue weighted by atomic mass is 9.87. The van der Waals surface area contributed by atoms with Gasteiger partial charge in [-0.25, -0.2) is 17.2 Å². The smallest absolute Gasteiger partial charge is 0.243 e. The molecule has 4 N–H and O–H groups in total. The van der Waals surface area contributed by atoms with Crippen LogP contribution in [0.4, 0.5) is 14.5 Å². The number of benzene rings is 3. The summed E-state index contributed by atoms with van der Waals surface area (Å²) in [5.74, 6) is -2.12. The largest absolute Gasteiger partial charge is 0.326 e. The summed E-state index contributed by atoms with van der Waals surface area (Å²) in [4.78, 5) is 25.0. The second kappa shape index (κ2) is 16.0. The molecule has 250 valence electrons. The molecular formula is C35H41F2N5O4S. The van der Waals surface area contributed by atoms with Gasteiger partial charge in [-0.1, -0.05) is 31.2 Å². The molecule has 4 rings (SSSR count). The molecule has 2 atom stereocenters. The van der Waals surface area contributed by atoms with Gasteiger partial charge in [0.1, 0.15) is 11.6 Å². The Morgan fingerprint density at radius 2 is 1.81 bits per heavy atom. The molecule has 0 spiro atoms.